The van der Waals surface area contributed by atoms with Gasteiger partial charge in [-0.1, -0.05) is 66.7 Å². The van der Waals surface area contributed by atoms with Crippen molar-refractivity contribution in [3.05, 3.63) is 95.6 Å². The Morgan fingerprint density at radius 2 is 1.49 bits per heavy atom. The van der Waals surface area contributed by atoms with Gasteiger partial charge in [-0.2, -0.15) is 0 Å². The molecule has 0 aliphatic carbocycles. The van der Waals surface area contributed by atoms with Crippen LogP contribution in [0.2, 0.25) is 0 Å². The fourth-order valence-electron chi connectivity index (χ4n) is 3.90. The van der Waals surface area contributed by atoms with Crippen molar-refractivity contribution in [2.45, 2.75) is 25.4 Å². The van der Waals surface area contributed by atoms with Crippen molar-refractivity contribution in [2.75, 3.05) is 27.4 Å². The van der Waals surface area contributed by atoms with Gasteiger partial charge in [0.1, 0.15) is 6.04 Å². The van der Waals surface area contributed by atoms with E-state index >= 15 is 0 Å². The lowest BCUT2D eigenvalue weighted by Gasteiger charge is -2.31. The number of aliphatic hydroxyl groups is 1. The van der Waals surface area contributed by atoms with Crippen LogP contribution < -0.4 is 14.8 Å². The topological polar surface area (TPSA) is 88.1 Å². The Labute approximate surface area is 206 Å². The number of hydrogen-bond donors (Lipinski definition) is 2. The van der Waals surface area contributed by atoms with E-state index < -0.39 is 6.04 Å². The number of ether oxygens (including phenoxy) is 2. The van der Waals surface area contributed by atoms with E-state index in [1.807, 2.05) is 66.7 Å². The van der Waals surface area contributed by atoms with E-state index in [4.69, 9.17) is 9.47 Å². The number of methoxy groups -OCH3 is 2. The predicted molar refractivity (Wildman–Crippen MR) is 134 cm³/mol. The van der Waals surface area contributed by atoms with Gasteiger partial charge in [0.15, 0.2) is 11.5 Å². The van der Waals surface area contributed by atoms with Gasteiger partial charge in [-0.3, -0.25) is 9.59 Å². The molecule has 0 fully saturated rings. The molecule has 0 bridgehead atoms. The molecule has 184 valence electrons. The molecule has 35 heavy (non-hydrogen) atoms. The molecule has 3 aromatic carbocycles. The highest BCUT2D eigenvalue weighted by Gasteiger charge is 2.30. The fourth-order valence-corrected chi connectivity index (χ4v) is 3.90. The van der Waals surface area contributed by atoms with Crippen LogP contribution in [0.1, 0.15) is 16.7 Å². The van der Waals surface area contributed by atoms with Gasteiger partial charge in [0.25, 0.3) is 0 Å². The van der Waals surface area contributed by atoms with Crippen LogP contribution >= 0.6 is 0 Å². The van der Waals surface area contributed by atoms with Gasteiger partial charge in [0.2, 0.25) is 11.8 Å². The number of benzene rings is 3. The molecule has 0 aliphatic rings. The van der Waals surface area contributed by atoms with Crippen molar-refractivity contribution in [2.24, 2.45) is 0 Å². The quantitative estimate of drug-likeness (QED) is 0.420. The molecule has 2 amide bonds. The van der Waals surface area contributed by atoms with Crippen LogP contribution in [0, 0.1) is 0 Å². The molecule has 3 rings (SSSR count). The summed E-state index contributed by atoms with van der Waals surface area (Å²) in [7, 11) is 3.11. The molecule has 0 heterocycles. The highest BCUT2D eigenvalue weighted by molar-refractivity contribution is 5.88. The molecule has 0 aliphatic heterocycles. The minimum absolute atomic E-state index is 0.0890. The predicted octanol–water partition coefficient (Wildman–Crippen LogP) is 2.99. The second kappa shape index (κ2) is 13.2. The van der Waals surface area contributed by atoms with Crippen LogP contribution in [0.3, 0.4) is 0 Å². The van der Waals surface area contributed by atoms with Crippen LogP contribution in [0.25, 0.3) is 0 Å². The molecule has 3 aromatic rings. The van der Waals surface area contributed by atoms with Crippen LogP contribution in [0.15, 0.2) is 78.9 Å². The molecule has 0 saturated carbocycles. The highest BCUT2D eigenvalue weighted by Crippen LogP contribution is 2.28. The second-order valence-corrected chi connectivity index (χ2v) is 8.09. The van der Waals surface area contributed by atoms with Crippen molar-refractivity contribution in [1.29, 1.82) is 0 Å². The molecule has 0 aromatic heterocycles. The fraction of sp³-hybridized carbons (Fsp3) is 0.286. The van der Waals surface area contributed by atoms with Gasteiger partial charge in [-0.25, -0.2) is 0 Å². The van der Waals surface area contributed by atoms with E-state index in [0.29, 0.717) is 17.9 Å². The Kier molecular flexibility index (Phi) is 9.69. The third-order valence-corrected chi connectivity index (χ3v) is 5.68. The first-order valence-corrected chi connectivity index (χ1v) is 11.5. The molecule has 7 heteroatoms. The number of amides is 2. The summed E-state index contributed by atoms with van der Waals surface area (Å²) in [6, 6.07) is 23.8. The molecular weight excluding hydrogens is 444 g/mol. The van der Waals surface area contributed by atoms with Gasteiger partial charge in [0.05, 0.1) is 27.2 Å². The van der Waals surface area contributed by atoms with Crippen LogP contribution in [-0.2, 0) is 29.0 Å². The van der Waals surface area contributed by atoms with Crippen molar-refractivity contribution >= 4 is 11.8 Å². The number of carbonyl (C=O) groups excluding carboxylic acids is 2. The first kappa shape index (κ1) is 25.8. The summed E-state index contributed by atoms with van der Waals surface area (Å²) in [6.45, 7) is 0.215. The summed E-state index contributed by atoms with van der Waals surface area (Å²) in [5, 5.41) is 12.0. The average Bonchev–Trinajstić information content (AvgIpc) is 2.90. The summed E-state index contributed by atoms with van der Waals surface area (Å²) in [5.41, 5.74) is 2.61. The number of carbonyl (C=O) groups is 2. The Balaban J connectivity index is 1.94. The minimum Gasteiger partial charge on any atom is -0.493 e. The molecule has 1 atom stereocenters. The zero-order valence-corrected chi connectivity index (χ0v) is 20.1. The van der Waals surface area contributed by atoms with Gasteiger partial charge in [-0.05, 0) is 28.8 Å². The number of nitrogens with zero attached hydrogens (tertiary/aromatic N) is 1. The normalized spacial score (nSPS) is 11.4. The van der Waals surface area contributed by atoms with E-state index in [0.717, 1.165) is 16.7 Å². The molecule has 0 spiro atoms. The Morgan fingerprint density at radius 1 is 0.857 bits per heavy atom. The average molecular weight is 477 g/mol. The van der Waals surface area contributed by atoms with Crippen LogP contribution in [0.4, 0.5) is 0 Å². The second-order valence-electron chi connectivity index (χ2n) is 8.09. The van der Waals surface area contributed by atoms with Crippen LogP contribution in [0.5, 0.6) is 11.5 Å². The SMILES string of the molecule is COc1ccc(CC(=O)N(Cc2ccccc2)[C@@H](Cc2ccccc2)C(=O)NCCO)cc1OC. The molecule has 0 saturated heterocycles. The van der Waals surface area contributed by atoms with Gasteiger partial charge >= 0.3 is 0 Å². The third-order valence-electron chi connectivity index (χ3n) is 5.68. The molecule has 0 unspecified atom stereocenters. The number of nitrogens with one attached hydrogen (secondary N) is 1. The Morgan fingerprint density at radius 3 is 2.09 bits per heavy atom. The smallest absolute Gasteiger partial charge is 0.243 e. The van der Waals surface area contributed by atoms with Crippen molar-refractivity contribution in [3.63, 3.8) is 0 Å². The Bertz CT molecular complexity index is 1090. The van der Waals surface area contributed by atoms with Crippen LogP contribution in [-0.4, -0.2) is 55.2 Å². The highest BCUT2D eigenvalue weighted by atomic mass is 16.5. The third kappa shape index (κ3) is 7.32. The Hall–Kier alpha value is -3.84. The first-order chi connectivity index (χ1) is 17.0. The summed E-state index contributed by atoms with van der Waals surface area (Å²) < 4.78 is 10.7. The summed E-state index contributed by atoms with van der Waals surface area (Å²) in [6.07, 6.45) is 0.439. The monoisotopic (exact) mass is 476 g/mol. The summed E-state index contributed by atoms with van der Waals surface area (Å²) >= 11 is 0. The van der Waals surface area contributed by atoms with E-state index in [1.54, 1.807) is 31.3 Å². The van der Waals surface area contributed by atoms with E-state index in [-0.39, 0.29) is 37.9 Å². The van der Waals surface area contributed by atoms with Crippen molar-refractivity contribution in [1.82, 2.24) is 10.2 Å². The maximum atomic E-state index is 13.7. The van der Waals surface area contributed by atoms with Gasteiger partial charge in [-0.15, -0.1) is 0 Å². The largest absolute Gasteiger partial charge is 0.493 e. The lowest BCUT2D eigenvalue weighted by molar-refractivity contribution is -0.140. The van der Waals surface area contributed by atoms with E-state index in [2.05, 4.69) is 5.32 Å². The zero-order chi connectivity index (χ0) is 25.0. The van der Waals surface area contributed by atoms with Gasteiger partial charge in [0, 0.05) is 19.5 Å². The maximum absolute atomic E-state index is 13.7. The molecule has 7 nitrogen and oxygen atoms in total. The van der Waals surface area contributed by atoms with Crippen molar-refractivity contribution in [3.8, 4) is 11.5 Å². The van der Waals surface area contributed by atoms with E-state index in [9.17, 15) is 14.7 Å². The summed E-state index contributed by atoms with van der Waals surface area (Å²) in [5.74, 6) is 0.616. The number of rotatable bonds is 12. The zero-order valence-electron chi connectivity index (χ0n) is 20.1. The minimum atomic E-state index is -0.753. The van der Waals surface area contributed by atoms with Gasteiger partial charge < -0.3 is 24.8 Å². The number of aliphatic hydroxyl groups excluding tert-OH is 1. The number of hydrogen-bond acceptors (Lipinski definition) is 5. The van der Waals surface area contributed by atoms with E-state index in [1.165, 1.54) is 0 Å². The van der Waals surface area contributed by atoms with Crippen molar-refractivity contribution < 1.29 is 24.2 Å². The molecular formula is C28H32N2O5. The molecule has 0 radical (unpaired) electrons. The molecule has 2 N–H and O–H groups in total. The standard InChI is InChI=1S/C28H32N2O5/c1-34-25-14-13-23(18-26(25)35-2)19-27(32)30(20-22-11-7-4-8-12-22)24(28(33)29-15-16-31)17-21-9-5-3-6-10-21/h3-14,18,24,31H,15-17,19-20H2,1-2H3,(H,29,33)/t24-/m0/s1. The lowest BCUT2D eigenvalue weighted by Crippen LogP contribution is -2.51. The lowest BCUT2D eigenvalue weighted by atomic mass is 10.0. The summed E-state index contributed by atoms with van der Waals surface area (Å²) in [4.78, 5) is 28.5. The first-order valence-electron chi connectivity index (χ1n) is 11.5. The maximum Gasteiger partial charge on any atom is 0.243 e.